The summed E-state index contributed by atoms with van der Waals surface area (Å²) >= 11 is 0. The topological polar surface area (TPSA) is 89.8 Å². The van der Waals surface area contributed by atoms with Crippen LogP contribution in [0.2, 0.25) is 0 Å². The molecule has 0 aliphatic heterocycles. The van der Waals surface area contributed by atoms with Crippen molar-refractivity contribution >= 4 is 16.7 Å². The normalized spacial score (nSPS) is 15.6. The Labute approximate surface area is 189 Å². The molecule has 0 saturated carbocycles. The fraction of sp³-hybridized carbons (Fsp3) is 0.370. The van der Waals surface area contributed by atoms with Crippen LogP contribution in [-0.4, -0.2) is 38.7 Å². The van der Waals surface area contributed by atoms with Crippen molar-refractivity contribution < 1.29 is 20.1 Å². The minimum absolute atomic E-state index is 0.123. The first kappa shape index (κ1) is 23.9. The Morgan fingerprint density at radius 1 is 0.969 bits per heavy atom. The highest BCUT2D eigenvalue weighted by molar-refractivity contribution is 5.96. The predicted molar refractivity (Wildman–Crippen MR) is 128 cm³/mol. The molecule has 3 rings (SSSR count). The number of aliphatic hydroxyl groups excluding tert-OH is 1. The lowest BCUT2D eigenvalue weighted by atomic mass is 9.83. The van der Waals surface area contributed by atoms with Crippen LogP contribution in [0.15, 0.2) is 66.7 Å². The van der Waals surface area contributed by atoms with Gasteiger partial charge in [0.05, 0.1) is 5.54 Å². The van der Waals surface area contributed by atoms with Crippen molar-refractivity contribution in [3.8, 4) is 11.1 Å². The van der Waals surface area contributed by atoms with E-state index >= 15 is 0 Å². The highest BCUT2D eigenvalue weighted by Gasteiger charge is 2.43. The lowest BCUT2D eigenvalue weighted by Crippen LogP contribution is -2.65. The van der Waals surface area contributed by atoms with Gasteiger partial charge in [0.15, 0.2) is 6.29 Å². The van der Waals surface area contributed by atoms with Gasteiger partial charge in [-0.2, -0.15) is 0 Å². The highest BCUT2D eigenvalue weighted by atomic mass is 16.5. The van der Waals surface area contributed by atoms with Gasteiger partial charge in [0.1, 0.15) is 5.54 Å². The van der Waals surface area contributed by atoms with E-state index in [4.69, 9.17) is 0 Å². The van der Waals surface area contributed by atoms with Crippen molar-refractivity contribution in [1.29, 1.82) is 0 Å². The zero-order chi connectivity index (χ0) is 23.5. The molecule has 2 atom stereocenters. The molecule has 0 spiro atoms. The Hall–Kier alpha value is -2.73. The van der Waals surface area contributed by atoms with Crippen molar-refractivity contribution in [2.75, 3.05) is 0 Å². The second-order valence-electron chi connectivity index (χ2n) is 9.56. The van der Waals surface area contributed by atoms with Gasteiger partial charge in [0.2, 0.25) is 0 Å². The summed E-state index contributed by atoms with van der Waals surface area (Å²) in [5.74, 6) is -0.888. The van der Waals surface area contributed by atoms with E-state index in [2.05, 4.69) is 29.6 Å². The Morgan fingerprint density at radius 2 is 1.62 bits per heavy atom. The molecule has 0 heterocycles. The van der Waals surface area contributed by atoms with E-state index in [1.165, 1.54) is 0 Å². The molecule has 3 aromatic rings. The van der Waals surface area contributed by atoms with Crippen LogP contribution >= 0.6 is 0 Å². The molecule has 5 nitrogen and oxygen atoms in total. The fourth-order valence-corrected chi connectivity index (χ4v) is 4.59. The van der Waals surface area contributed by atoms with Crippen LogP contribution in [-0.2, 0) is 11.2 Å². The molecular formula is C27H33NO4. The van der Waals surface area contributed by atoms with E-state index in [1.54, 1.807) is 13.8 Å². The molecule has 0 bridgehead atoms. The zero-order valence-corrected chi connectivity index (χ0v) is 19.2. The SMILES string of the molecule is CC(C)CC(C)(NC(C)(Cc1cccc(-c2cccc3ccccc23)c1)C(O)O)C(=O)O. The van der Waals surface area contributed by atoms with Gasteiger partial charge >= 0.3 is 5.97 Å². The van der Waals surface area contributed by atoms with Gasteiger partial charge < -0.3 is 15.3 Å². The number of benzene rings is 3. The minimum atomic E-state index is -1.74. The monoisotopic (exact) mass is 435 g/mol. The predicted octanol–water partition coefficient (Wildman–Crippen LogP) is 4.60. The first-order chi connectivity index (χ1) is 15.0. The summed E-state index contributed by atoms with van der Waals surface area (Å²) in [6.07, 6.45) is -1.13. The molecule has 0 fully saturated rings. The first-order valence-electron chi connectivity index (χ1n) is 11.0. The van der Waals surface area contributed by atoms with Crippen LogP contribution in [0.3, 0.4) is 0 Å². The summed E-state index contributed by atoms with van der Waals surface area (Å²) in [4.78, 5) is 12.0. The summed E-state index contributed by atoms with van der Waals surface area (Å²) in [7, 11) is 0. The van der Waals surface area contributed by atoms with Crippen molar-refractivity contribution in [1.82, 2.24) is 5.32 Å². The van der Waals surface area contributed by atoms with Crippen LogP contribution in [0.5, 0.6) is 0 Å². The van der Waals surface area contributed by atoms with E-state index in [-0.39, 0.29) is 12.3 Å². The van der Waals surface area contributed by atoms with Gasteiger partial charge in [0.25, 0.3) is 0 Å². The molecule has 4 N–H and O–H groups in total. The van der Waals surface area contributed by atoms with E-state index in [0.29, 0.717) is 6.42 Å². The number of carbonyl (C=O) groups is 1. The number of fused-ring (bicyclic) bond motifs is 1. The van der Waals surface area contributed by atoms with Gasteiger partial charge in [-0.3, -0.25) is 10.1 Å². The zero-order valence-electron chi connectivity index (χ0n) is 19.2. The second-order valence-corrected chi connectivity index (χ2v) is 9.56. The standard InChI is InChI=1S/C27H33NO4/c1-18(2)16-26(3,24(29)30)28-27(4,25(31)32)17-19-9-7-12-21(15-19)23-14-8-11-20-10-5-6-13-22(20)23/h5-15,18,25,28,31-32H,16-17H2,1-4H3,(H,29,30). The molecule has 0 saturated heterocycles. The molecule has 0 aliphatic rings. The summed E-state index contributed by atoms with van der Waals surface area (Å²) in [5, 5.41) is 35.7. The van der Waals surface area contributed by atoms with E-state index < -0.39 is 23.3 Å². The van der Waals surface area contributed by atoms with Crippen molar-refractivity contribution in [2.45, 2.75) is 57.9 Å². The van der Waals surface area contributed by atoms with Crippen LogP contribution in [0.1, 0.15) is 39.7 Å². The van der Waals surface area contributed by atoms with Crippen LogP contribution in [0.25, 0.3) is 21.9 Å². The number of hydrogen-bond acceptors (Lipinski definition) is 4. The van der Waals surface area contributed by atoms with Crippen molar-refractivity contribution in [2.24, 2.45) is 5.92 Å². The van der Waals surface area contributed by atoms with Crippen LogP contribution < -0.4 is 5.32 Å². The Bertz CT molecular complexity index is 1090. The average Bonchev–Trinajstić information content (AvgIpc) is 2.72. The van der Waals surface area contributed by atoms with E-state index in [1.807, 2.05) is 56.3 Å². The molecule has 0 amide bonds. The van der Waals surface area contributed by atoms with Gasteiger partial charge in [-0.1, -0.05) is 80.6 Å². The Morgan fingerprint density at radius 3 is 2.28 bits per heavy atom. The molecule has 32 heavy (non-hydrogen) atoms. The number of rotatable bonds is 9. The van der Waals surface area contributed by atoms with Gasteiger partial charge in [-0.25, -0.2) is 0 Å². The average molecular weight is 436 g/mol. The number of hydrogen-bond donors (Lipinski definition) is 4. The lowest BCUT2D eigenvalue weighted by Gasteiger charge is -2.41. The number of carboxylic acid groups (broad SMARTS) is 1. The third-order valence-electron chi connectivity index (χ3n) is 6.02. The maximum Gasteiger partial charge on any atom is 0.323 e. The largest absolute Gasteiger partial charge is 0.480 e. The maximum absolute atomic E-state index is 12.0. The molecule has 170 valence electrons. The fourth-order valence-electron chi connectivity index (χ4n) is 4.59. The number of nitrogens with one attached hydrogen (secondary N) is 1. The van der Waals surface area contributed by atoms with Gasteiger partial charge in [-0.05, 0) is 60.1 Å². The molecule has 0 aliphatic carbocycles. The number of aliphatic carboxylic acids is 1. The molecule has 2 unspecified atom stereocenters. The quantitative estimate of drug-likeness (QED) is 0.369. The minimum Gasteiger partial charge on any atom is -0.480 e. The molecule has 3 aromatic carbocycles. The number of aliphatic hydroxyl groups is 2. The smallest absolute Gasteiger partial charge is 0.323 e. The highest BCUT2D eigenvalue weighted by Crippen LogP contribution is 2.31. The Kier molecular flexibility index (Phi) is 7.03. The summed E-state index contributed by atoms with van der Waals surface area (Å²) in [5.41, 5.74) is 0.464. The molecule has 0 aromatic heterocycles. The van der Waals surface area contributed by atoms with Gasteiger partial charge in [0, 0.05) is 0 Å². The maximum atomic E-state index is 12.0. The summed E-state index contributed by atoms with van der Waals surface area (Å²) in [6.45, 7) is 7.15. The number of carboxylic acids is 1. The molecule has 0 radical (unpaired) electrons. The van der Waals surface area contributed by atoms with E-state index in [0.717, 1.165) is 27.5 Å². The van der Waals surface area contributed by atoms with Crippen molar-refractivity contribution in [3.05, 3.63) is 72.3 Å². The van der Waals surface area contributed by atoms with Crippen molar-refractivity contribution in [3.63, 3.8) is 0 Å². The van der Waals surface area contributed by atoms with Crippen LogP contribution in [0.4, 0.5) is 0 Å². The lowest BCUT2D eigenvalue weighted by molar-refractivity contribution is -0.151. The molecular weight excluding hydrogens is 402 g/mol. The summed E-state index contributed by atoms with van der Waals surface area (Å²) < 4.78 is 0. The summed E-state index contributed by atoms with van der Waals surface area (Å²) in [6, 6.07) is 22.3. The van der Waals surface area contributed by atoms with Gasteiger partial charge in [-0.15, -0.1) is 0 Å². The van der Waals surface area contributed by atoms with Crippen LogP contribution in [0, 0.1) is 5.92 Å². The third kappa shape index (κ3) is 5.18. The van der Waals surface area contributed by atoms with E-state index in [9.17, 15) is 20.1 Å². The third-order valence-corrected chi connectivity index (χ3v) is 6.02. The Balaban J connectivity index is 1.96. The first-order valence-corrected chi connectivity index (χ1v) is 11.0. The second kappa shape index (κ2) is 9.41. The molecule has 5 heteroatoms.